The summed E-state index contributed by atoms with van der Waals surface area (Å²) < 4.78 is 10.8. The predicted octanol–water partition coefficient (Wildman–Crippen LogP) is 2.95. The number of rotatable bonds is 7. The van der Waals surface area contributed by atoms with E-state index in [-0.39, 0.29) is 0 Å². The molecule has 0 atom stereocenters. The highest BCUT2D eigenvalue weighted by molar-refractivity contribution is 5.54. The van der Waals surface area contributed by atoms with E-state index in [2.05, 4.69) is 16.9 Å². The molecule has 0 bridgehead atoms. The lowest BCUT2D eigenvalue weighted by molar-refractivity contribution is 0.100. The highest BCUT2D eigenvalue weighted by Crippen LogP contribution is 2.15. The van der Waals surface area contributed by atoms with Crippen LogP contribution in [0.2, 0.25) is 0 Å². The zero-order chi connectivity index (χ0) is 13.3. The zero-order valence-corrected chi connectivity index (χ0v) is 11.1. The molecule has 0 aliphatic rings. The molecule has 0 radical (unpaired) electrons. The highest BCUT2D eigenvalue weighted by Gasteiger charge is 2.01. The van der Waals surface area contributed by atoms with Gasteiger partial charge in [-0.1, -0.05) is 37.3 Å². The summed E-state index contributed by atoms with van der Waals surface area (Å²) in [6, 6.07) is 9.86. The van der Waals surface area contributed by atoms with E-state index in [9.17, 15) is 0 Å². The Labute approximate surface area is 113 Å². The average molecular weight is 258 g/mol. The third kappa shape index (κ3) is 4.34. The van der Waals surface area contributed by atoms with Crippen molar-refractivity contribution in [2.24, 2.45) is 0 Å². The first-order chi connectivity index (χ1) is 9.40. The van der Waals surface area contributed by atoms with Crippen LogP contribution in [0.25, 0.3) is 11.4 Å². The van der Waals surface area contributed by atoms with E-state index in [4.69, 9.17) is 9.47 Å². The van der Waals surface area contributed by atoms with Crippen LogP contribution in [0.1, 0.15) is 13.3 Å². The molecule has 0 saturated carbocycles. The van der Waals surface area contributed by atoms with Crippen molar-refractivity contribution in [3.05, 3.63) is 42.7 Å². The van der Waals surface area contributed by atoms with E-state index in [1.165, 1.54) is 0 Å². The van der Waals surface area contributed by atoms with Crippen molar-refractivity contribution in [3.8, 4) is 17.1 Å². The van der Waals surface area contributed by atoms with Crippen LogP contribution in [0.4, 0.5) is 0 Å². The summed E-state index contributed by atoms with van der Waals surface area (Å²) in [5.74, 6) is 1.37. The van der Waals surface area contributed by atoms with E-state index >= 15 is 0 Å². The van der Waals surface area contributed by atoms with Gasteiger partial charge in [-0.25, -0.2) is 9.97 Å². The van der Waals surface area contributed by atoms with Crippen LogP contribution in [0, 0.1) is 0 Å². The Balaban J connectivity index is 1.85. The number of ether oxygens (including phenoxy) is 2. The maximum atomic E-state index is 5.49. The summed E-state index contributed by atoms with van der Waals surface area (Å²) in [7, 11) is 0. The summed E-state index contributed by atoms with van der Waals surface area (Å²) in [4.78, 5) is 8.57. The SMILES string of the molecule is CCCOCCOc1cnc(-c2ccccc2)nc1. The molecule has 0 unspecified atom stereocenters. The van der Waals surface area contributed by atoms with E-state index < -0.39 is 0 Å². The van der Waals surface area contributed by atoms with Gasteiger partial charge in [-0.05, 0) is 6.42 Å². The molecule has 0 saturated heterocycles. The van der Waals surface area contributed by atoms with Crippen LogP contribution in [0.15, 0.2) is 42.7 Å². The van der Waals surface area contributed by atoms with Crippen molar-refractivity contribution in [1.82, 2.24) is 9.97 Å². The topological polar surface area (TPSA) is 44.2 Å². The van der Waals surface area contributed by atoms with Gasteiger partial charge in [0.15, 0.2) is 11.6 Å². The van der Waals surface area contributed by atoms with Crippen LogP contribution < -0.4 is 4.74 Å². The van der Waals surface area contributed by atoms with Gasteiger partial charge in [0.05, 0.1) is 19.0 Å². The quantitative estimate of drug-likeness (QED) is 0.716. The van der Waals surface area contributed by atoms with Crippen LogP contribution in [-0.2, 0) is 4.74 Å². The van der Waals surface area contributed by atoms with E-state index in [0.717, 1.165) is 18.6 Å². The van der Waals surface area contributed by atoms with Crippen molar-refractivity contribution in [1.29, 1.82) is 0 Å². The molecule has 100 valence electrons. The Morgan fingerprint density at radius 2 is 1.68 bits per heavy atom. The Bertz CT molecular complexity index is 471. The highest BCUT2D eigenvalue weighted by atomic mass is 16.5. The largest absolute Gasteiger partial charge is 0.488 e. The van der Waals surface area contributed by atoms with Crippen LogP contribution in [0.5, 0.6) is 5.75 Å². The molecule has 2 aromatic rings. The third-order valence-corrected chi connectivity index (χ3v) is 2.50. The lowest BCUT2D eigenvalue weighted by atomic mass is 10.2. The van der Waals surface area contributed by atoms with Gasteiger partial charge in [-0.3, -0.25) is 0 Å². The molecule has 1 heterocycles. The fraction of sp³-hybridized carbons (Fsp3) is 0.333. The van der Waals surface area contributed by atoms with Gasteiger partial charge in [-0.15, -0.1) is 0 Å². The molecule has 0 aliphatic carbocycles. The lowest BCUT2D eigenvalue weighted by Gasteiger charge is -2.06. The van der Waals surface area contributed by atoms with Crippen molar-refractivity contribution in [3.63, 3.8) is 0 Å². The molecule has 0 amide bonds. The Kier molecular flexibility index (Phi) is 5.31. The maximum Gasteiger partial charge on any atom is 0.159 e. The normalized spacial score (nSPS) is 10.4. The molecule has 4 heteroatoms. The molecule has 0 N–H and O–H groups in total. The number of nitrogens with zero attached hydrogens (tertiary/aromatic N) is 2. The number of hydrogen-bond acceptors (Lipinski definition) is 4. The lowest BCUT2D eigenvalue weighted by Crippen LogP contribution is -2.07. The summed E-state index contributed by atoms with van der Waals surface area (Å²) in [5.41, 5.74) is 1.00. The second-order valence-electron chi connectivity index (χ2n) is 4.07. The molecular formula is C15H18N2O2. The first-order valence-corrected chi connectivity index (χ1v) is 6.48. The average Bonchev–Trinajstić information content (AvgIpc) is 2.49. The fourth-order valence-electron chi connectivity index (χ4n) is 1.59. The van der Waals surface area contributed by atoms with Crippen molar-refractivity contribution in [2.45, 2.75) is 13.3 Å². The first kappa shape index (κ1) is 13.5. The van der Waals surface area contributed by atoms with E-state index in [0.29, 0.717) is 24.8 Å². The van der Waals surface area contributed by atoms with Gasteiger partial charge in [0, 0.05) is 12.2 Å². The van der Waals surface area contributed by atoms with E-state index in [1.54, 1.807) is 12.4 Å². The Hall–Kier alpha value is -1.94. The maximum absolute atomic E-state index is 5.49. The van der Waals surface area contributed by atoms with Crippen LogP contribution in [-0.4, -0.2) is 29.8 Å². The number of aromatic nitrogens is 2. The summed E-state index contributed by atoms with van der Waals surface area (Å²) in [5, 5.41) is 0. The Morgan fingerprint density at radius 3 is 2.37 bits per heavy atom. The molecule has 0 fully saturated rings. The zero-order valence-electron chi connectivity index (χ0n) is 11.1. The van der Waals surface area contributed by atoms with Gasteiger partial charge < -0.3 is 9.47 Å². The third-order valence-electron chi connectivity index (χ3n) is 2.50. The molecule has 0 aliphatic heterocycles. The Morgan fingerprint density at radius 1 is 0.947 bits per heavy atom. The van der Waals surface area contributed by atoms with Crippen molar-refractivity contribution >= 4 is 0 Å². The smallest absolute Gasteiger partial charge is 0.159 e. The predicted molar refractivity (Wildman–Crippen MR) is 74.1 cm³/mol. The van der Waals surface area contributed by atoms with E-state index in [1.807, 2.05) is 30.3 Å². The molecule has 4 nitrogen and oxygen atoms in total. The molecular weight excluding hydrogens is 240 g/mol. The molecule has 1 aromatic heterocycles. The number of hydrogen-bond donors (Lipinski definition) is 0. The number of benzene rings is 1. The van der Waals surface area contributed by atoms with Gasteiger partial charge in [0.25, 0.3) is 0 Å². The fourth-order valence-corrected chi connectivity index (χ4v) is 1.59. The minimum Gasteiger partial charge on any atom is -0.488 e. The molecule has 2 rings (SSSR count). The van der Waals surface area contributed by atoms with Crippen molar-refractivity contribution < 1.29 is 9.47 Å². The van der Waals surface area contributed by atoms with Crippen LogP contribution >= 0.6 is 0 Å². The van der Waals surface area contributed by atoms with Gasteiger partial charge in [-0.2, -0.15) is 0 Å². The monoisotopic (exact) mass is 258 g/mol. The standard InChI is InChI=1S/C15H18N2O2/c1-2-8-18-9-10-19-14-11-16-15(17-12-14)13-6-4-3-5-7-13/h3-7,11-12H,2,8-10H2,1H3. The summed E-state index contributed by atoms with van der Waals surface area (Å²) in [6.45, 7) is 3.96. The molecule has 19 heavy (non-hydrogen) atoms. The second kappa shape index (κ2) is 7.48. The summed E-state index contributed by atoms with van der Waals surface area (Å²) in [6.07, 6.45) is 4.40. The minimum atomic E-state index is 0.522. The minimum absolute atomic E-state index is 0.522. The van der Waals surface area contributed by atoms with Gasteiger partial charge >= 0.3 is 0 Å². The van der Waals surface area contributed by atoms with Gasteiger partial charge in [0.2, 0.25) is 0 Å². The van der Waals surface area contributed by atoms with Gasteiger partial charge in [0.1, 0.15) is 6.61 Å². The second-order valence-corrected chi connectivity index (χ2v) is 4.07. The molecule has 1 aromatic carbocycles. The molecule has 0 spiro atoms. The van der Waals surface area contributed by atoms with Crippen molar-refractivity contribution in [2.75, 3.05) is 19.8 Å². The first-order valence-electron chi connectivity index (χ1n) is 6.48. The van der Waals surface area contributed by atoms with Crippen LogP contribution in [0.3, 0.4) is 0 Å². The summed E-state index contributed by atoms with van der Waals surface area (Å²) >= 11 is 0.